The third-order valence-electron chi connectivity index (χ3n) is 10.9. The highest BCUT2D eigenvalue weighted by Gasteiger charge is 2.66. The SMILES string of the molecule is CCCC(C)C1CCC2C3C(O)CC4CC(O)(NC(=O)C(=O)O)CCC4(C)C3CC(O)C12C. The summed E-state index contributed by atoms with van der Waals surface area (Å²) in [5.74, 6) is -1.25. The Labute approximate surface area is 197 Å². The topological polar surface area (TPSA) is 127 Å². The molecule has 11 unspecified atom stereocenters. The zero-order chi connectivity index (χ0) is 24.3. The van der Waals surface area contributed by atoms with Crippen LogP contribution in [-0.2, 0) is 9.59 Å². The minimum Gasteiger partial charge on any atom is -0.474 e. The van der Waals surface area contributed by atoms with Gasteiger partial charge in [-0.2, -0.15) is 0 Å². The van der Waals surface area contributed by atoms with Gasteiger partial charge in [-0.05, 0) is 91.3 Å². The van der Waals surface area contributed by atoms with E-state index in [4.69, 9.17) is 5.11 Å². The lowest BCUT2D eigenvalue weighted by Gasteiger charge is -2.64. The number of carbonyl (C=O) groups is 2. The average Bonchev–Trinajstić information content (AvgIpc) is 3.09. The number of aliphatic hydroxyl groups excluding tert-OH is 2. The summed E-state index contributed by atoms with van der Waals surface area (Å²) in [6.07, 6.45) is 5.89. The Morgan fingerprint density at radius 2 is 1.79 bits per heavy atom. The molecular weight excluding hydrogens is 422 g/mol. The normalized spacial score (nSPS) is 50.0. The molecule has 33 heavy (non-hydrogen) atoms. The Morgan fingerprint density at radius 3 is 2.42 bits per heavy atom. The number of carbonyl (C=O) groups excluding carboxylic acids is 1. The van der Waals surface area contributed by atoms with Gasteiger partial charge in [-0.3, -0.25) is 4.79 Å². The lowest BCUT2D eigenvalue weighted by Crippen LogP contribution is -2.65. The van der Waals surface area contributed by atoms with Gasteiger partial charge in [0, 0.05) is 0 Å². The Morgan fingerprint density at radius 1 is 1.09 bits per heavy atom. The lowest BCUT2D eigenvalue weighted by atomic mass is 9.42. The maximum absolute atomic E-state index is 11.7. The molecule has 188 valence electrons. The van der Waals surface area contributed by atoms with Crippen LogP contribution in [0.3, 0.4) is 0 Å². The first-order valence-corrected chi connectivity index (χ1v) is 13.0. The number of aliphatic carboxylic acids is 1. The molecular formula is C26H43NO6. The minimum absolute atomic E-state index is 0.0469. The Balaban J connectivity index is 1.59. The third-order valence-corrected chi connectivity index (χ3v) is 10.9. The van der Waals surface area contributed by atoms with E-state index in [-0.39, 0.29) is 47.3 Å². The molecule has 0 aromatic heterocycles. The largest absolute Gasteiger partial charge is 0.474 e. The number of hydrogen-bond donors (Lipinski definition) is 5. The van der Waals surface area contributed by atoms with Crippen LogP contribution in [-0.4, -0.2) is 50.2 Å². The van der Waals surface area contributed by atoms with Gasteiger partial charge in [0.15, 0.2) is 0 Å². The first-order chi connectivity index (χ1) is 15.4. The van der Waals surface area contributed by atoms with Gasteiger partial charge in [-0.1, -0.05) is 40.5 Å². The maximum atomic E-state index is 11.7. The molecule has 4 aliphatic rings. The van der Waals surface area contributed by atoms with Crippen molar-refractivity contribution in [3.05, 3.63) is 0 Å². The number of carboxylic acid groups (broad SMARTS) is 1. The molecule has 0 radical (unpaired) electrons. The molecule has 0 aliphatic heterocycles. The molecule has 0 saturated heterocycles. The predicted octanol–water partition coefficient (Wildman–Crippen LogP) is 2.91. The predicted molar refractivity (Wildman–Crippen MR) is 123 cm³/mol. The number of carboxylic acids is 1. The smallest absolute Gasteiger partial charge is 0.394 e. The van der Waals surface area contributed by atoms with E-state index < -0.39 is 29.8 Å². The number of aliphatic hydroxyl groups is 3. The molecule has 4 saturated carbocycles. The van der Waals surface area contributed by atoms with Crippen LogP contribution < -0.4 is 5.32 Å². The van der Waals surface area contributed by atoms with Gasteiger partial charge in [0.1, 0.15) is 5.72 Å². The van der Waals surface area contributed by atoms with Crippen molar-refractivity contribution < 1.29 is 30.0 Å². The fourth-order valence-corrected chi connectivity index (χ4v) is 9.18. The monoisotopic (exact) mass is 465 g/mol. The van der Waals surface area contributed by atoms with Crippen molar-refractivity contribution in [2.75, 3.05) is 0 Å². The summed E-state index contributed by atoms with van der Waals surface area (Å²) in [6, 6.07) is 0. The van der Waals surface area contributed by atoms with E-state index >= 15 is 0 Å². The summed E-state index contributed by atoms with van der Waals surface area (Å²) in [5, 5.41) is 45.3. The third kappa shape index (κ3) is 3.82. The highest BCUT2D eigenvalue weighted by Crippen LogP contribution is 2.68. The molecule has 0 aromatic rings. The molecule has 5 N–H and O–H groups in total. The minimum atomic E-state index is -1.61. The van der Waals surface area contributed by atoms with E-state index in [0.29, 0.717) is 31.1 Å². The first kappa shape index (κ1) is 24.9. The van der Waals surface area contributed by atoms with E-state index in [1.54, 1.807) is 0 Å². The molecule has 0 aromatic carbocycles. The van der Waals surface area contributed by atoms with Crippen molar-refractivity contribution in [3.8, 4) is 0 Å². The van der Waals surface area contributed by atoms with E-state index in [1.165, 1.54) is 0 Å². The average molecular weight is 466 g/mol. The Hall–Kier alpha value is -1.18. The van der Waals surface area contributed by atoms with Crippen LogP contribution in [0.25, 0.3) is 0 Å². The molecule has 4 aliphatic carbocycles. The summed E-state index contributed by atoms with van der Waals surface area (Å²) >= 11 is 0. The summed E-state index contributed by atoms with van der Waals surface area (Å²) in [5.41, 5.74) is -1.91. The zero-order valence-corrected chi connectivity index (χ0v) is 20.6. The highest BCUT2D eigenvalue weighted by atomic mass is 16.4. The quantitative estimate of drug-likeness (QED) is 0.321. The molecule has 7 heteroatoms. The molecule has 0 spiro atoms. The van der Waals surface area contributed by atoms with Crippen LogP contribution in [0.4, 0.5) is 0 Å². The fourth-order valence-electron chi connectivity index (χ4n) is 9.18. The standard InChI is InChI=1S/C26H43NO6/c1-5-6-14(2)16-7-8-17-21-18(12-20(29)25(16,17)4)24(3)9-10-26(33,27-22(30)23(31)32)13-15(24)11-19(21)28/h14-21,28-29,33H,5-13H2,1-4H3,(H,27,30)(H,31,32). The lowest BCUT2D eigenvalue weighted by molar-refractivity contribution is -0.218. The van der Waals surface area contributed by atoms with Crippen molar-refractivity contribution in [2.45, 2.75) is 103 Å². The van der Waals surface area contributed by atoms with Crippen molar-refractivity contribution in [1.82, 2.24) is 5.32 Å². The van der Waals surface area contributed by atoms with Crippen LogP contribution in [0.2, 0.25) is 0 Å². The van der Waals surface area contributed by atoms with Crippen molar-refractivity contribution in [3.63, 3.8) is 0 Å². The second-order valence-corrected chi connectivity index (χ2v) is 12.4. The summed E-state index contributed by atoms with van der Waals surface area (Å²) in [7, 11) is 0. The van der Waals surface area contributed by atoms with Gasteiger partial charge < -0.3 is 25.7 Å². The van der Waals surface area contributed by atoms with E-state index in [0.717, 1.165) is 25.7 Å². The maximum Gasteiger partial charge on any atom is 0.394 e. The van der Waals surface area contributed by atoms with Gasteiger partial charge in [0.05, 0.1) is 12.2 Å². The molecule has 0 heterocycles. The zero-order valence-electron chi connectivity index (χ0n) is 20.6. The number of nitrogens with one attached hydrogen (secondary N) is 1. The molecule has 4 rings (SSSR count). The molecule has 7 nitrogen and oxygen atoms in total. The van der Waals surface area contributed by atoms with E-state index in [9.17, 15) is 24.9 Å². The second kappa shape index (κ2) is 8.49. The fraction of sp³-hybridized carbons (Fsp3) is 0.923. The molecule has 1 amide bonds. The van der Waals surface area contributed by atoms with Gasteiger partial charge in [0.25, 0.3) is 0 Å². The Bertz CT molecular complexity index is 789. The van der Waals surface area contributed by atoms with Crippen LogP contribution >= 0.6 is 0 Å². The molecule has 0 bridgehead atoms. The Kier molecular flexibility index (Phi) is 6.41. The summed E-state index contributed by atoms with van der Waals surface area (Å²) < 4.78 is 0. The van der Waals surface area contributed by atoms with Crippen LogP contribution in [0, 0.1) is 46.3 Å². The van der Waals surface area contributed by atoms with Gasteiger partial charge in [-0.25, -0.2) is 4.79 Å². The van der Waals surface area contributed by atoms with Gasteiger partial charge in [-0.15, -0.1) is 0 Å². The number of hydrogen-bond acceptors (Lipinski definition) is 5. The van der Waals surface area contributed by atoms with Crippen LogP contribution in [0.15, 0.2) is 0 Å². The molecule has 11 atom stereocenters. The summed E-state index contributed by atoms with van der Waals surface area (Å²) in [4.78, 5) is 22.7. The van der Waals surface area contributed by atoms with Crippen LogP contribution in [0.5, 0.6) is 0 Å². The second-order valence-electron chi connectivity index (χ2n) is 12.4. The number of fused-ring (bicyclic) bond motifs is 5. The number of amides is 1. The van der Waals surface area contributed by atoms with Gasteiger partial charge in [0.2, 0.25) is 0 Å². The van der Waals surface area contributed by atoms with Crippen LogP contribution in [0.1, 0.15) is 85.5 Å². The summed E-state index contributed by atoms with van der Waals surface area (Å²) in [6.45, 7) is 9.03. The first-order valence-electron chi connectivity index (χ1n) is 13.0. The van der Waals surface area contributed by atoms with Crippen molar-refractivity contribution in [1.29, 1.82) is 0 Å². The van der Waals surface area contributed by atoms with Crippen molar-refractivity contribution in [2.24, 2.45) is 46.3 Å². The molecule has 4 fully saturated rings. The van der Waals surface area contributed by atoms with E-state index in [2.05, 4.69) is 33.0 Å². The van der Waals surface area contributed by atoms with Gasteiger partial charge >= 0.3 is 11.9 Å². The van der Waals surface area contributed by atoms with Crippen molar-refractivity contribution >= 4 is 11.9 Å². The van der Waals surface area contributed by atoms with E-state index in [1.807, 2.05) is 0 Å². The number of rotatable bonds is 4. The highest BCUT2D eigenvalue weighted by molar-refractivity contribution is 6.31.